The molecule has 21 heavy (non-hydrogen) atoms. The molecule has 1 unspecified atom stereocenters. The zero-order valence-corrected chi connectivity index (χ0v) is 13.6. The molecule has 0 aliphatic carbocycles. The van der Waals surface area contributed by atoms with Crippen LogP contribution in [0.2, 0.25) is 0 Å². The number of rotatable bonds is 3. The van der Waals surface area contributed by atoms with Crippen molar-refractivity contribution in [1.29, 1.82) is 0 Å². The van der Waals surface area contributed by atoms with E-state index < -0.39 is 0 Å². The molecule has 2 aromatic heterocycles. The molecule has 1 aromatic carbocycles. The Labute approximate surface area is 132 Å². The highest BCUT2D eigenvalue weighted by molar-refractivity contribution is 9.10. The van der Waals surface area contributed by atoms with E-state index in [1.165, 1.54) is 0 Å². The standard InChI is InChI=1S/C16H17BrN4/c1-10-16(17)15(21(2)20-10)9-13(18)11-5-6-14-12(8-11)4-3-7-19-14/h3-8,13H,9,18H2,1-2H3. The van der Waals surface area contributed by atoms with Crippen LogP contribution in [0.15, 0.2) is 41.0 Å². The van der Waals surface area contributed by atoms with Crippen LogP contribution in [0.1, 0.15) is 23.0 Å². The van der Waals surface area contributed by atoms with Crippen LogP contribution in [0.25, 0.3) is 10.9 Å². The van der Waals surface area contributed by atoms with E-state index in [1.807, 2.05) is 30.8 Å². The van der Waals surface area contributed by atoms with Gasteiger partial charge in [0.15, 0.2) is 0 Å². The normalized spacial score (nSPS) is 12.8. The fourth-order valence-corrected chi connectivity index (χ4v) is 3.05. The number of nitrogens with zero attached hydrogens (tertiary/aromatic N) is 3. The van der Waals surface area contributed by atoms with Gasteiger partial charge in [-0.2, -0.15) is 5.10 Å². The molecular formula is C16H17BrN4. The van der Waals surface area contributed by atoms with E-state index in [1.54, 1.807) is 6.20 Å². The number of aryl methyl sites for hydroxylation is 2. The largest absolute Gasteiger partial charge is 0.324 e. The molecule has 0 fully saturated rings. The third kappa shape index (κ3) is 2.71. The van der Waals surface area contributed by atoms with E-state index in [2.05, 4.69) is 44.2 Å². The van der Waals surface area contributed by atoms with E-state index in [9.17, 15) is 0 Å². The Balaban J connectivity index is 1.91. The Kier molecular flexibility index (Phi) is 3.78. The molecule has 0 spiro atoms. The van der Waals surface area contributed by atoms with Gasteiger partial charge in [0.25, 0.3) is 0 Å². The lowest BCUT2D eigenvalue weighted by Gasteiger charge is -2.13. The first-order valence-corrected chi connectivity index (χ1v) is 7.64. The van der Waals surface area contributed by atoms with E-state index in [0.29, 0.717) is 0 Å². The van der Waals surface area contributed by atoms with Gasteiger partial charge in [0, 0.05) is 31.1 Å². The molecule has 0 bridgehead atoms. The fraction of sp³-hybridized carbons (Fsp3) is 0.250. The number of hydrogen-bond acceptors (Lipinski definition) is 3. The molecule has 0 saturated carbocycles. The number of fused-ring (bicyclic) bond motifs is 1. The molecule has 1 atom stereocenters. The van der Waals surface area contributed by atoms with Crippen molar-refractivity contribution in [2.24, 2.45) is 12.8 Å². The van der Waals surface area contributed by atoms with E-state index in [0.717, 1.165) is 38.7 Å². The Morgan fingerprint density at radius 1 is 1.33 bits per heavy atom. The number of pyridine rings is 1. The van der Waals surface area contributed by atoms with Gasteiger partial charge < -0.3 is 5.73 Å². The van der Waals surface area contributed by atoms with Gasteiger partial charge in [-0.25, -0.2) is 0 Å². The highest BCUT2D eigenvalue weighted by Crippen LogP contribution is 2.26. The summed E-state index contributed by atoms with van der Waals surface area (Å²) in [4.78, 5) is 4.33. The first-order chi connectivity index (χ1) is 10.1. The van der Waals surface area contributed by atoms with Crippen molar-refractivity contribution >= 4 is 26.8 Å². The van der Waals surface area contributed by atoms with Gasteiger partial charge >= 0.3 is 0 Å². The van der Waals surface area contributed by atoms with Crippen molar-refractivity contribution < 1.29 is 0 Å². The molecule has 0 amide bonds. The second kappa shape index (κ2) is 5.58. The van der Waals surface area contributed by atoms with Crippen molar-refractivity contribution in [1.82, 2.24) is 14.8 Å². The molecule has 0 aliphatic rings. The van der Waals surface area contributed by atoms with Gasteiger partial charge in [0.1, 0.15) is 0 Å². The molecule has 3 aromatic rings. The van der Waals surface area contributed by atoms with Crippen molar-refractivity contribution in [3.63, 3.8) is 0 Å². The maximum atomic E-state index is 6.38. The summed E-state index contributed by atoms with van der Waals surface area (Å²) in [6.07, 6.45) is 2.54. The monoisotopic (exact) mass is 344 g/mol. The van der Waals surface area contributed by atoms with Crippen molar-refractivity contribution in [2.45, 2.75) is 19.4 Å². The van der Waals surface area contributed by atoms with E-state index in [4.69, 9.17) is 5.73 Å². The summed E-state index contributed by atoms with van der Waals surface area (Å²) in [5, 5.41) is 5.53. The summed E-state index contributed by atoms with van der Waals surface area (Å²) in [5.41, 5.74) is 10.6. The zero-order valence-electron chi connectivity index (χ0n) is 12.0. The molecule has 3 rings (SSSR count). The van der Waals surface area contributed by atoms with Gasteiger partial charge in [-0.1, -0.05) is 12.1 Å². The Hall–Kier alpha value is -1.72. The van der Waals surface area contributed by atoms with Crippen LogP contribution in [0.4, 0.5) is 0 Å². The molecule has 108 valence electrons. The topological polar surface area (TPSA) is 56.7 Å². The number of hydrogen-bond donors (Lipinski definition) is 1. The molecule has 2 N–H and O–H groups in total. The predicted molar refractivity (Wildman–Crippen MR) is 88.0 cm³/mol. The lowest BCUT2D eigenvalue weighted by Crippen LogP contribution is -2.15. The second-order valence-corrected chi connectivity index (χ2v) is 6.03. The maximum absolute atomic E-state index is 6.38. The lowest BCUT2D eigenvalue weighted by atomic mass is 10.0. The Bertz CT molecular complexity index is 794. The van der Waals surface area contributed by atoms with Crippen molar-refractivity contribution in [2.75, 3.05) is 0 Å². The summed E-state index contributed by atoms with van der Waals surface area (Å²) < 4.78 is 2.94. The number of nitrogens with two attached hydrogens (primary N) is 1. The van der Waals surface area contributed by atoms with E-state index >= 15 is 0 Å². The van der Waals surface area contributed by atoms with Crippen LogP contribution < -0.4 is 5.73 Å². The fourth-order valence-electron chi connectivity index (χ4n) is 2.55. The van der Waals surface area contributed by atoms with Crippen molar-refractivity contribution in [3.05, 3.63) is 58.0 Å². The summed E-state index contributed by atoms with van der Waals surface area (Å²) in [6.45, 7) is 1.99. The smallest absolute Gasteiger partial charge is 0.0738 e. The highest BCUT2D eigenvalue weighted by Gasteiger charge is 2.15. The minimum atomic E-state index is -0.0688. The molecular weight excluding hydrogens is 328 g/mol. The molecule has 5 heteroatoms. The average molecular weight is 345 g/mol. The summed E-state index contributed by atoms with van der Waals surface area (Å²) in [6, 6.07) is 10.1. The van der Waals surface area contributed by atoms with Crippen molar-refractivity contribution in [3.8, 4) is 0 Å². The molecule has 0 aliphatic heterocycles. The van der Waals surface area contributed by atoms with Gasteiger partial charge in [-0.3, -0.25) is 9.67 Å². The quantitative estimate of drug-likeness (QED) is 0.793. The minimum absolute atomic E-state index is 0.0688. The first kappa shape index (κ1) is 14.2. The first-order valence-electron chi connectivity index (χ1n) is 6.84. The van der Waals surface area contributed by atoms with Gasteiger partial charge in [-0.15, -0.1) is 0 Å². The molecule has 2 heterocycles. The van der Waals surface area contributed by atoms with Gasteiger partial charge in [0.05, 0.1) is 21.4 Å². The van der Waals surface area contributed by atoms with Crippen LogP contribution in [-0.4, -0.2) is 14.8 Å². The van der Waals surface area contributed by atoms with Crippen LogP contribution in [0.3, 0.4) is 0 Å². The third-order valence-corrected chi connectivity index (χ3v) is 4.76. The second-order valence-electron chi connectivity index (χ2n) is 5.24. The van der Waals surface area contributed by atoms with Crippen LogP contribution in [0, 0.1) is 6.92 Å². The number of benzene rings is 1. The van der Waals surface area contributed by atoms with E-state index in [-0.39, 0.29) is 6.04 Å². The van der Waals surface area contributed by atoms with Crippen LogP contribution in [0.5, 0.6) is 0 Å². The lowest BCUT2D eigenvalue weighted by molar-refractivity contribution is 0.638. The number of halogens is 1. The Morgan fingerprint density at radius 2 is 2.14 bits per heavy atom. The third-order valence-electron chi connectivity index (χ3n) is 3.73. The maximum Gasteiger partial charge on any atom is 0.0738 e. The number of aromatic nitrogens is 3. The highest BCUT2D eigenvalue weighted by atomic mass is 79.9. The SMILES string of the molecule is Cc1nn(C)c(CC(N)c2ccc3ncccc3c2)c1Br. The van der Waals surface area contributed by atoms with Crippen LogP contribution >= 0.6 is 15.9 Å². The van der Waals surface area contributed by atoms with Crippen LogP contribution in [-0.2, 0) is 13.5 Å². The van der Waals surface area contributed by atoms with Gasteiger partial charge in [0.2, 0.25) is 0 Å². The summed E-state index contributed by atoms with van der Waals surface area (Å²) in [5.74, 6) is 0. The minimum Gasteiger partial charge on any atom is -0.324 e. The predicted octanol–water partition coefficient (Wildman–Crippen LogP) is 3.28. The summed E-state index contributed by atoms with van der Waals surface area (Å²) >= 11 is 3.59. The Morgan fingerprint density at radius 3 is 2.86 bits per heavy atom. The molecule has 4 nitrogen and oxygen atoms in total. The summed E-state index contributed by atoms with van der Waals surface area (Å²) in [7, 11) is 1.95. The van der Waals surface area contributed by atoms with Gasteiger partial charge in [-0.05, 0) is 46.6 Å². The average Bonchev–Trinajstić information content (AvgIpc) is 2.73. The molecule has 0 saturated heterocycles. The molecule has 0 radical (unpaired) electrons. The zero-order chi connectivity index (χ0) is 15.0.